The number of benzene rings is 1. The van der Waals surface area contributed by atoms with Crippen LogP contribution in [-0.4, -0.2) is 24.4 Å². The third-order valence-electron chi connectivity index (χ3n) is 3.62. The van der Waals surface area contributed by atoms with Crippen LogP contribution in [0.2, 0.25) is 0 Å². The highest BCUT2D eigenvalue weighted by molar-refractivity contribution is 6.17. The lowest BCUT2D eigenvalue weighted by molar-refractivity contribution is 0.327. The molecule has 17 heavy (non-hydrogen) atoms. The van der Waals surface area contributed by atoms with E-state index in [0.29, 0.717) is 0 Å². The molecule has 0 aliphatic carbocycles. The van der Waals surface area contributed by atoms with Crippen molar-refractivity contribution >= 4 is 11.6 Å². The Morgan fingerprint density at radius 1 is 1.06 bits per heavy atom. The summed E-state index contributed by atoms with van der Waals surface area (Å²) in [6.45, 7) is 10.9. The number of hydrogen-bond acceptors (Lipinski definition) is 1. The molecule has 1 aromatic carbocycles. The average molecular weight is 254 g/mol. The second kappa shape index (κ2) is 6.42. The Balaban J connectivity index is 2.90. The number of nitrogens with zero attached hydrogens (tertiary/aromatic N) is 1. The molecule has 0 saturated carbocycles. The third-order valence-corrected chi connectivity index (χ3v) is 3.89. The Morgan fingerprint density at radius 2 is 1.59 bits per heavy atom. The molecule has 0 radical (unpaired) electrons. The fourth-order valence-electron chi connectivity index (χ4n) is 2.21. The van der Waals surface area contributed by atoms with E-state index in [9.17, 15) is 0 Å². The summed E-state index contributed by atoms with van der Waals surface area (Å²) in [7, 11) is 2.17. The number of aryl methyl sites for hydroxylation is 2. The summed E-state index contributed by atoms with van der Waals surface area (Å²) in [6.07, 6.45) is 1.06. The lowest BCUT2D eigenvalue weighted by Gasteiger charge is -2.21. The Kier molecular flexibility index (Phi) is 5.48. The molecule has 1 nitrogen and oxygen atoms in total. The molecule has 0 fully saturated rings. The van der Waals surface area contributed by atoms with Crippen molar-refractivity contribution in [1.82, 2.24) is 4.90 Å². The third kappa shape index (κ3) is 3.72. The minimum Gasteiger partial charge on any atom is -0.302 e. The molecule has 1 aromatic rings. The monoisotopic (exact) mass is 253 g/mol. The molecule has 0 N–H and O–H groups in total. The zero-order chi connectivity index (χ0) is 13.0. The first-order valence-electron chi connectivity index (χ1n) is 6.28. The van der Waals surface area contributed by atoms with Crippen molar-refractivity contribution in [1.29, 1.82) is 0 Å². The maximum atomic E-state index is 5.73. The quantitative estimate of drug-likeness (QED) is 0.718. The van der Waals surface area contributed by atoms with Gasteiger partial charge in [-0.15, -0.1) is 11.6 Å². The zero-order valence-corrected chi connectivity index (χ0v) is 12.5. The van der Waals surface area contributed by atoms with E-state index in [1.165, 1.54) is 27.8 Å². The zero-order valence-electron chi connectivity index (χ0n) is 11.7. The molecule has 0 atom stereocenters. The van der Waals surface area contributed by atoms with Crippen LogP contribution in [0, 0.1) is 27.7 Å². The van der Waals surface area contributed by atoms with Crippen molar-refractivity contribution in [3.05, 3.63) is 33.9 Å². The molecule has 0 aliphatic heterocycles. The molecular formula is C15H24ClN. The molecule has 0 unspecified atom stereocenters. The van der Waals surface area contributed by atoms with Gasteiger partial charge in [0.05, 0.1) is 0 Å². The van der Waals surface area contributed by atoms with Gasteiger partial charge in [0, 0.05) is 12.4 Å². The van der Waals surface area contributed by atoms with E-state index in [0.717, 1.165) is 25.4 Å². The predicted molar refractivity (Wildman–Crippen MR) is 77.1 cm³/mol. The van der Waals surface area contributed by atoms with E-state index in [1.54, 1.807) is 0 Å². The molecular weight excluding hydrogens is 230 g/mol. The van der Waals surface area contributed by atoms with Crippen molar-refractivity contribution in [3.63, 3.8) is 0 Å². The van der Waals surface area contributed by atoms with Gasteiger partial charge in [0.2, 0.25) is 0 Å². The summed E-state index contributed by atoms with van der Waals surface area (Å²) in [5, 5.41) is 0. The molecule has 1 rings (SSSR count). The van der Waals surface area contributed by atoms with Gasteiger partial charge in [0.15, 0.2) is 0 Å². The summed E-state index contributed by atoms with van der Waals surface area (Å²) in [6, 6.07) is 2.28. The highest BCUT2D eigenvalue weighted by atomic mass is 35.5. The molecule has 0 aromatic heterocycles. The van der Waals surface area contributed by atoms with Crippen LogP contribution in [0.15, 0.2) is 6.07 Å². The van der Waals surface area contributed by atoms with Crippen LogP contribution in [0.1, 0.15) is 34.2 Å². The van der Waals surface area contributed by atoms with Crippen LogP contribution in [-0.2, 0) is 6.54 Å². The summed E-state index contributed by atoms with van der Waals surface area (Å²) >= 11 is 5.73. The van der Waals surface area contributed by atoms with E-state index in [2.05, 4.69) is 45.7 Å². The Labute approximate surface area is 111 Å². The number of rotatable bonds is 5. The van der Waals surface area contributed by atoms with Gasteiger partial charge in [-0.1, -0.05) is 6.07 Å². The fraction of sp³-hybridized carbons (Fsp3) is 0.600. The van der Waals surface area contributed by atoms with Crippen LogP contribution in [0.5, 0.6) is 0 Å². The van der Waals surface area contributed by atoms with Crippen molar-refractivity contribution < 1.29 is 0 Å². The van der Waals surface area contributed by atoms with Crippen molar-refractivity contribution in [2.75, 3.05) is 19.5 Å². The predicted octanol–water partition coefficient (Wildman–Crippen LogP) is 3.98. The van der Waals surface area contributed by atoms with Crippen molar-refractivity contribution in [2.24, 2.45) is 0 Å². The second-order valence-electron chi connectivity index (χ2n) is 5.02. The summed E-state index contributed by atoms with van der Waals surface area (Å²) in [5.74, 6) is 0.745. The van der Waals surface area contributed by atoms with Gasteiger partial charge in [-0.05, 0) is 75.5 Å². The SMILES string of the molecule is Cc1cc(C)c(C)c(CN(C)CCCCl)c1C. The van der Waals surface area contributed by atoms with Gasteiger partial charge in [0.1, 0.15) is 0 Å². The largest absolute Gasteiger partial charge is 0.302 e. The highest BCUT2D eigenvalue weighted by Gasteiger charge is 2.10. The first kappa shape index (κ1) is 14.5. The van der Waals surface area contributed by atoms with Crippen LogP contribution in [0.4, 0.5) is 0 Å². The van der Waals surface area contributed by atoms with E-state index in [1.807, 2.05) is 0 Å². The average Bonchev–Trinajstić information content (AvgIpc) is 2.29. The maximum Gasteiger partial charge on any atom is 0.0236 e. The lowest BCUT2D eigenvalue weighted by atomic mass is 9.94. The number of halogens is 1. The van der Waals surface area contributed by atoms with Crippen LogP contribution in [0.3, 0.4) is 0 Å². The number of hydrogen-bond donors (Lipinski definition) is 0. The molecule has 0 saturated heterocycles. The smallest absolute Gasteiger partial charge is 0.0236 e. The highest BCUT2D eigenvalue weighted by Crippen LogP contribution is 2.22. The van der Waals surface area contributed by atoms with E-state index in [-0.39, 0.29) is 0 Å². The molecule has 0 bridgehead atoms. The van der Waals surface area contributed by atoms with Gasteiger partial charge >= 0.3 is 0 Å². The molecule has 96 valence electrons. The van der Waals surface area contributed by atoms with E-state index >= 15 is 0 Å². The first-order valence-corrected chi connectivity index (χ1v) is 6.81. The summed E-state index contributed by atoms with van der Waals surface area (Å²) in [5.41, 5.74) is 7.15. The van der Waals surface area contributed by atoms with Crippen molar-refractivity contribution in [3.8, 4) is 0 Å². The molecule has 0 heterocycles. The Bertz CT molecular complexity index is 359. The molecule has 0 spiro atoms. The van der Waals surface area contributed by atoms with Gasteiger partial charge < -0.3 is 4.90 Å². The standard InChI is InChI=1S/C15H24ClN/c1-11-9-12(2)14(4)15(13(11)3)10-17(5)8-6-7-16/h9H,6-8,10H2,1-5H3. The number of alkyl halides is 1. The van der Waals surface area contributed by atoms with Crippen LogP contribution >= 0.6 is 11.6 Å². The van der Waals surface area contributed by atoms with Crippen LogP contribution in [0.25, 0.3) is 0 Å². The molecule has 2 heteroatoms. The van der Waals surface area contributed by atoms with Gasteiger partial charge in [-0.25, -0.2) is 0 Å². The normalized spacial score (nSPS) is 11.2. The Morgan fingerprint density at radius 3 is 2.06 bits per heavy atom. The van der Waals surface area contributed by atoms with Gasteiger partial charge in [-0.3, -0.25) is 0 Å². The summed E-state index contributed by atoms with van der Waals surface area (Å²) in [4.78, 5) is 2.36. The van der Waals surface area contributed by atoms with Crippen LogP contribution < -0.4 is 0 Å². The fourth-order valence-corrected chi connectivity index (χ4v) is 2.33. The van der Waals surface area contributed by atoms with Gasteiger partial charge in [0.25, 0.3) is 0 Å². The first-order chi connectivity index (χ1) is 7.97. The van der Waals surface area contributed by atoms with E-state index in [4.69, 9.17) is 11.6 Å². The Hall–Kier alpha value is -0.530. The van der Waals surface area contributed by atoms with Gasteiger partial charge in [-0.2, -0.15) is 0 Å². The minimum absolute atomic E-state index is 0.745. The van der Waals surface area contributed by atoms with E-state index < -0.39 is 0 Å². The topological polar surface area (TPSA) is 3.24 Å². The second-order valence-corrected chi connectivity index (χ2v) is 5.40. The minimum atomic E-state index is 0.745. The summed E-state index contributed by atoms with van der Waals surface area (Å²) < 4.78 is 0. The lowest BCUT2D eigenvalue weighted by Crippen LogP contribution is -2.21. The molecule has 0 aliphatic rings. The van der Waals surface area contributed by atoms with Crippen molar-refractivity contribution in [2.45, 2.75) is 40.7 Å². The molecule has 0 amide bonds. The maximum absolute atomic E-state index is 5.73.